The molecular weight excluding hydrogens is 283 g/mol. The molecule has 1 aromatic carbocycles. The van der Waals surface area contributed by atoms with E-state index in [-0.39, 0.29) is 21.5 Å². The summed E-state index contributed by atoms with van der Waals surface area (Å²) in [5, 5.41) is -0.344. The Morgan fingerprint density at radius 3 is 2.24 bits per heavy atom. The van der Waals surface area contributed by atoms with Gasteiger partial charge in [-0.25, -0.2) is 8.42 Å². The van der Waals surface area contributed by atoms with E-state index in [0.29, 0.717) is 6.42 Å². The van der Waals surface area contributed by atoms with Gasteiger partial charge in [0, 0.05) is 7.11 Å². The molecule has 0 aliphatic rings. The van der Waals surface area contributed by atoms with Gasteiger partial charge in [-0.1, -0.05) is 36.2 Å². The van der Waals surface area contributed by atoms with Crippen LogP contribution in [-0.2, 0) is 14.6 Å². The topological polar surface area (TPSA) is 43.4 Å². The van der Waals surface area contributed by atoms with Gasteiger partial charge in [-0.15, -0.1) is 0 Å². The summed E-state index contributed by atoms with van der Waals surface area (Å²) in [5.41, 5.74) is 0. The number of halogens is 2. The standard InChI is InChI=1S/C11H14Cl2O3S/c1-3-8(7-16-2)17(14,15)11-9(12)5-4-6-10(11)13/h4-6,8H,3,7H2,1-2H3. The maximum Gasteiger partial charge on any atom is 0.186 e. The quantitative estimate of drug-likeness (QED) is 0.838. The van der Waals surface area contributed by atoms with Crippen LogP contribution in [0.25, 0.3) is 0 Å². The molecule has 3 nitrogen and oxygen atoms in total. The van der Waals surface area contributed by atoms with Crippen molar-refractivity contribution in [2.45, 2.75) is 23.5 Å². The molecule has 1 unspecified atom stereocenters. The van der Waals surface area contributed by atoms with Crippen LogP contribution in [0.2, 0.25) is 10.0 Å². The molecule has 0 amide bonds. The van der Waals surface area contributed by atoms with Crippen molar-refractivity contribution >= 4 is 33.0 Å². The largest absolute Gasteiger partial charge is 0.383 e. The Morgan fingerprint density at radius 1 is 1.29 bits per heavy atom. The van der Waals surface area contributed by atoms with Crippen LogP contribution < -0.4 is 0 Å². The van der Waals surface area contributed by atoms with E-state index in [4.69, 9.17) is 27.9 Å². The number of benzene rings is 1. The zero-order valence-corrected chi connectivity index (χ0v) is 11.9. The minimum atomic E-state index is -3.56. The van der Waals surface area contributed by atoms with Crippen LogP contribution in [0, 0.1) is 0 Å². The maximum atomic E-state index is 12.3. The molecule has 0 aliphatic heterocycles. The summed E-state index contributed by atoms with van der Waals surface area (Å²) in [7, 11) is -2.10. The zero-order chi connectivity index (χ0) is 13.1. The highest BCUT2D eigenvalue weighted by Crippen LogP contribution is 2.32. The molecular formula is C11H14Cl2O3S. The smallest absolute Gasteiger partial charge is 0.186 e. The average molecular weight is 297 g/mol. The van der Waals surface area contributed by atoms with Crippen LogP contribution in [-0.4, -0.2) is 27.4 Å². The maximum absolute atomic E-state index is 12.3. The summed E-state index contributed by atoms with van der Waals surface area (Å²) in [6.45, 7) is 1.91. The molecule has 1 aromatic rings. The van der Waals surface area contributed by atoms with Crippen molar-refractivity contribution in [3.8, 4) is 0 Å². The molecule has 0 aromatic heterocycles. The predicted octanol–water partition coefficient (Wildman–Crippen LogP) is 3.19. The van der Waals surface area contributed by atoms with E-state index < -0.39 is 15.1 Å². The molecule has 0 bridgehead atoms. The van der Waals surface area contributed by atoms with Gasteiger partial charge in [0.2, 0.25) is 0 Å². The van der Waals surface area contributed by atoms with Crippen molar-refractivity contribution < 1.29 is 13.2 Å². The van der Waals surface area contributed by atoms with E-state index in [2.05, 4.69) is 0 Å². The van der Waals surface area contributed by atoms with Gasteiger partial charge in [0.05, 0.1) is 21.9 Å². The number of rotatable bonds is 5. The third kappa shape index (κ3) is 3.13. The van der Waals surface area contributed by atoms with Crippen LogP contribution in [0.1, 0.15) is 13.3 Å². The van der Waals surface area contributed by atoms with E-state index in [1.54, 1.807) is 13.0 Å². The zero-order valence-electron chi connectivity index (χ0n) is 9.61. The first kappa shape index (κ1) is 14.8. The lowest BCUT2D eigenvalue weighted by molar-refractivity contribution is 0.195. The first-order valence-electron chi connectivity index (χ1n) is 5.12. The Hall–Kier alpha value is -0.290. The molecule has 0 fully saturated rings. The van der Waals surface area contributed by atoms with Crippen molar-refractivity contribution in [1.29, 1.82) is 0 Å². The van der Waals surface area contributed by atoms with Crippen LogP contribution in [0.5, 0.6) is 0 Å². The Bertz CT molecular complexity index is 465. The van der Waals surface area contributed by atoms with Crippen molar-refractivity contribution in [2.24, 2.45) is 0 Å². The molecule has 6 heteroatoms. The Labute approximate surface area is 112 Å². The highest BCUT2D eigenvalue weighted by molar-refractivity contribution is 7.92. The molecule has 0 heterocycles. The fourth-order valence-electron chi connectivity index (χ4n) is 1.53. The van der Waals surface area contributed by atoms with Crippen molar-refractivity contribution in [2.75, 3.05) is 13.7 Å². The van der Waals surface area contributed by atoms with Crippen LogP contribution in [0.15, 0.2) is 23.1 Å². The van der Waals surface area contributed by atoms with Gasteiger partial charge < -0.3 is 4.74 Å². The Morgan fingerprint density at radius 2 is 1.82 bits per heavy atom. The highest BCUT2D eigenvalue weighted by atomic mass is 35.5. The number of ether oxygens (including phenoxy) is 1. The fourth-order valence-corrected chi connectivity index (χ4v) is 4.34. The normalized spacial score (nSPS) is 13.6. The van der Waals surface area contributed by atoms with Gasteiger partial charge in [0.15, 0.2) is 9.84 Å². The summed E-state index contributed by atoms with van der Waals surface area (Å²) in [5.74, 6) is 0. The molecule has 1 rings (SSSR count). The Kier molecular flexibility index (Phi) is 5.25. The lowest BCUT2D eigenvalue weighted by Gasteiger charge is -2.16. The lowest BCUT2D eigenvalue weighted by Crippen LogP contribution is -2.26. The molecule has 0 saturated carbocycles. The summed E-state index contributed by atoms with van der Waals surface area (Å²) >= 11 is 11.8. The predicted molar refractivity (Wildman–Crippen MR) is 69.6 cm³/mol. The Balaban J connectivity index is 3.30. The molecule has 1 atom stereocenters. The second-order valence-corrected chi connectivity index (χ2v) is 6.56. The molecule has 0 radical (unpaired) electrons. The van der Waals surface area contributed by atoms with E-state index in [1.165, 1.54) is 19.2 Å². The summed E-state index contributed by atoms with van der Waals surface area (Å²) in [6, 6.07) is 4.64. The fraction of sp³-hybridized carbons (Fsp3) is 0.455. The number of hydrogen-bond donors (Lipinski definition) is 0. The lowest BCUT2D eigenvalue weighted by atomic mass is 10.3. The summed E-state index contributed by atoms with van der Waals surface area (Å²) in [6.07, 6.45) is 0.442. The molecule has 96 valence electrons. The summed E-state index contributed by atoms with van der Waals surface area (Å²) in [4.78, 5) is -0.00719. The van der Waals surface area contributed by atoms with E-state index in [1.807, 2.05) is 0 Å². The molecule has 0 spiro atoms. The van der Waals surface area contributed by atoms with Crippen LogP contribution in [0.3, 0.4) is 0 Å². The third-order valence-electron chi connectivity index (χ3n) is 2.45. The van der Waals surface area contributed by atoms with Crippen molar-refractivity contribution in [1.82, 2.24) is 0 Å². The first-order chi connectivity index (χ1) is 7.95. The summed E-state index contributed by atoms with van der Waals surface area (Å²) < 4.78 is 29.6. The monoisotopic (exact) mass is 296 g/mol. The van der Waals surface area contributed by atoms with Crippen molar-refractivity contribution in [3.05, 3.63) is 28.2 Å². The molecule has 0 aliphatic carbocycles. The minimum Gasteiger partial charge on any atom is -0.383 e. The van der Waals surface area contributed by atoms with Gasteiger partial charge >= 0.3 is 0 Å². The van der Waals surface area contributed by atoms with Gasteiger partial charge in [0.1, 0.15) is 4.90 Å². The number of methoxy groups -OCH3 is 1. The highest BCUT2D eigenvalue weighted by Gasteiger charge is 2.30. The average Bonchev–Trinajstić information content (AvgIpc) is 2.24. The SMILES string of the molecule is CCC(COC)S(=O)(=O)c1c(Cl)cccc1Cl. The first-order valence-corrected chi connectivity index (χ1v) is 7.42. The van der Waals surface area contributed by atoms with E-state index >= 15 is 0 Å². The number of sulfone groups is 1. The molecule has 0 saturated heterocycles. The van der Waals surface area contributed by atoms with E-state index in [0.717, 1.165) is 0 Å². The molecule has 0 N–H and O–H groups in total. The molecule has 17 heavy (non-hydrogen) atoms. The minimum absolute atomic E-state index is 0.00719. The number of hydrogen-bond acceptors (Lipinski definition) is 3. The van der Waals surface area contributed by atoms with Crippen molar-refractivity contribution in [3.63, 3.8) is 0 Å². The van der Waals surface area contributed by atoms with Crippen LogP contribution >= 0.6 is 23.2 Å². The second-order valence-electron chi connectivity index (χ2n) is 3.58. The van der Waals surface area contributed by atoms with Gasteiger partial charge in [0.25, 0.3) is 0 Å². The van der Waals surface area contributed by atoms with Gasteiger partial charge in [-0.2, -0.15) is 0 Å². The van der Waals surface area contributed by atoms with E-state index in [9.17, 15) is 8.42 Å². The van der Waals surface area contributed by atoms with Crippen LogP contribution in [0.4, 0.5) is 0 Å². The second kappa shape index (κ2) is 6.05. The third-order valence-corrected chi connectivity index (χ3v) is 5.66. The van der Waals surface area contributed by atoms with Gasteiger partial charge in [-0.05, 0) is 18.6 Å². The van der Waals surface area contributed by atoms with Gasteiger partial charge in [-0.3, -0.25) is 0 Å².